The lowest BCUT2D eigenvalue weighted by Crippen LogP contribution is -2.68. The van der Waals surface area contributed by atoms with Gasteiger partial charge >= 0.3 is 0 Å². The fourth-order valence-electron chi connectivity index (χ4n) is 10.2. The Morgan fingerprint density at radius 3 is 0.848 bits per heavy atom. The molecule has 35 heteroatoms. The van der Waals surface area contributed by atoms with E-state index in [-0.39, 0.29) is 0 Å². The molecule has 0 saturated carbocycles. The van der Waals surface area contributed by atoms with Crippen LogP contribution in [0.3, 0.4) is 0 Å². The summed E-state index contributed by atoms with van der Waals surface area (Å²) in [6.45, 7) is -4.88. The fourth-order valence-corrected chi connectivity index (χ4v) is 10.2. The van der Waals surface area contributed by atoms with E-state index in [1.165, 1.54) is 6.92 Å². The Morgan fingerprint density at radius 2 is 0.519 bits per heavy atom. The highest BCUT2D eigenvalue weighted by Gasteiger charge is 2.58. The van der Waals surface area contributed by atoms with Crippen LogP contribution < -0.4 is 0 Å². The van der Waals surface area contributed by atoms with E-state index in [1.54, 1.807) is 0 Å². The van der Waals surface area contributed by atoms with Crippen LogP contribution in [0.2, 0.25) is 0 Å². The summed E-state index contributed by atoms with van der Waals surface area (Å²) in [4.78, 5) is 0. The van der Waals surface area contributed by atoms with Crippen LogP contribution >= 0.6 is 0 Å². The van der Waals surface area contributed by atoms with E-state index in [0.29, 0.717) is 0 Å². The zero-order valence-electron chi connectivity index (χ0n) is 42.3. The van der Waals surface area contributed by atoms with Gasteiger partial charge in [0.2, 0.25) is 0 Å². The molecule has 7 aliphatic rings. The van der Waals surface area contributed by atoms with E-state index in [4.69, 9.17) is 66.3 Å². The molecule has 0 aromatic rings. The Hall–Kier alpha value is -1.40. The van der Waals surface area contributed by atoms with Crippen LogP contribution in [0.25, 0.3) is 0 Å². The second-order valence-corrected chi connectivity index (χ2v) is 20.2. The van der Waals surface area contributed by atoms with Crippen LogP contribution in [0.1, 0.15) is 6.92 Å². The first kappa shape index (κ1) is 65.1. The highest BCUT2D eigenvalue weighted by molar-refractivity contribution is 5.01. The summed E-state index contributed by atoms with van der Waals surface area (Å²) < 4.78 is 79.1. The van der Waals surface area contributed by atoms with E-state index in [1.807, 2.05) is 0 Å². The van der Waals surface area contributed by atoms with E-state index >= 15 is 0 Å². The Bertz CT molecular complexity index is 1830. The molecule has 7 saturated heterocycles. The molecule has 35 nitrogen and oxygen atoms in total. The summed E-state index contributed by atoms with van der Waals surface area (Å²) >= 11 is 0. The average Bonchev–Trinajstić information content (AvgIpc) is 3.44. The SMILES string of the molecule is CO[C@H]1[C@H](O)[C@@H](CO)OC(OC2[C@@H](O)C(OC3[C@@H](O)C(OC4[C@@H](O)C(O[C@@H]5[C@@H](O)[C@H](CO)OC(C)[C@H]5O)O[C@H](CO[C@@H]5O[C@H](CO)[C@@H](O)[C@H](O)[C@H]5O)[C@H]4O)O[C@H](CO)[C@H]3O)O[C@H](CO[C@H]3O[C@@H](CO)[C@H](O)[C@@H](O)[C@@H]3O)[C@H]2O)[C@@H]1O. The van der Waals surface area contributed by atoms with Crippen molar-refractivity contribution < 1.29 is 174 Å². The van der Waals surface area contributed by atoms with Gasteiger partial charge < -0.3 is 174 Å². The molecule has 0 radical (unpaired) electrons. The van der Waals surface area contributed by atoms with Crippen LogP contribution in [-0.4, -0.2) is 375 Å². The summed E-state index contributed by atoms with van der Waals surface area (Å²) in [5.74, 6) is 0. The van der Waals surface area contributed by atoms with E-state index in [9.17, 15) is 107 Å². The van der Waals surface area contributed by atoms with Crippen molar-refractivity contribution in [3.8, 4) is 0 Å². The molecule has 8 unspecified atom stereocenters. The zero-order chi connectivity index (χ0) is 58.1. The highest BCUT2D eigenvalue weighted by Crippen LogP contribution is 2.37. The van der Waals surface area contributed by atoms with Gasteiger partial charge in [0.15, 0.2) is 37.7 Å². The smallest absolute Gasteiger partial charge is 0.187 e. The van der Waals surface area contributed by atoms with Crippen molar-refractivity contribution in [3.63, 3.8) is 0 Å². The van der Waals surface area contributed by atoms with Crippen molar-refractivity contribution in [1.82, 2.24) is 0 Å². The maximum absolute atomic E-state index is 11.9. The van der Waals surface area contributed by atoms with Gasteiger partial charge in [-0.05, 0) is 6.92 Å². The number of aliphatic hydroxyl groups excluding tert-OH is 21. The molecule has 0 bridgehead atoms. The molecule has 0 aliphatic carbocycles. The van der Waals surface area contributed by atoms with Crippen molar-refractivity contribution in [2.24, 2.45) is 0 Å². The standard InChI is InChI=1S/C44H76O35/c1-10-18(50)35(22(54)13(5-47)69-10)76-43-32(64)38(25(57)16(74-43)8-67-39-28(60)26(58)19(51)11(3-45)70-39)79-42-31(63)36(23(55)15(7-49)73-42)77-44-33(65)37(78-41-30(62)34(66-2)21(53)14(6-48)72-41)24(56)17(75-44)9-68-40-29(61)27(59)20(52)12(4-46)71-40/h10-65H,3-9H2,1-2H3/t10?,11-,12+,13+,14-,15-,16-,17-,18-,19-,20+,21-,22+,23-,24-,25-,26+,27-,28-,29+,30-,31-,32-,33-,34+,35+,36?,37?,38?,39-,40+,41?,42?,43?,44?/m1/s1. The number of ether oxygens (including phenoxy) is 14. The van der Waals surface area contributed by atoms with Crippen molar-refractivity contribution in [1.29, 1.82) is 0 Å². The van der Waals surface area contributed by atoms with Crippen LogP contribution in [0.4, 0.5) is 0 Å². The van der Waals surface area contributed by atoms with Crippen molar-refractivity contribution in [2.75, 3.05) is 53.4 Å². The van der Waals surface area contributed by atoms with Crippen LogP contribution in [-0.2, 0) is 66.3 Å². The molecule has 35 atom stereocenters. The van der Waals surface area contributed by atoms with Crippen molar-refractivity contribution in [3.05, 3.63) is 0 Å². The fraction of sp³-hybridized carbons (Fsp3) is 1.00. The second-order valence-electron chi connectivity index (χ2n) is 20.2. The topological polar surface area (TPSA) is 554 Å². The van der Waals surface area contributed by atoms with Gasteiger partial charge in [0, 0.05) is 7.11 Å². The first-order valence-corrected chi connectivity index (χ1v) is 25.4. The highest BCUT2D eigenvalue weighted by atomic mass is 16.8. The normalized spacial score (nSPS) is 53.0. The molecule has 0 aromatic heterocycles. The quantitative estimate of drug-likeness (QED) is 0.0538. The third kappa shape index (κ3) is 13.7. The Labute approximate surface area is 448 Å². The summed E-state index contributed by atoms with van der Waals surface area (Å²) in [6.07, 6.45) is -65.7. The number of hydrogen-bond donors (Lipinski definition) is 21. The van der Waals surface area contributed by atoms with Crippen LogP contribution in [0.15, 0.2) is 0 Å². The maximum Gasteiger partial charge on any atom is 0.187 e. The van der Waals surface area contributed by atoms with Gasteiger partial charge in [-0.25, -0.2) is 0 Å². The number of methoxy groups -OCH3 is 1. The Kier molecular flexibility index (Phi) is 23.3. The minimum atomic E-state index is -2.35. The van der Waals surface area contributed by atoms with Gasteiger partial charge in [0.1, 0.15) is 171 Å². The molecule has 462 valence electrons. The average molecular weight is 1170 g/mol. The molecule has 79 heavy (non-hydrogen) atoms. The number of rotatable bonds is 20. The van der Waals surface area contributed by atoms with Crippen LogP contribution in [0, 0.1) is 0 Å². The van der Waals surface area contributed by atoms with E-state index < -0.39 is 261 Å². The molecule has 21 N–H and O–H groups in total. The van der Waals surface area contributed by atoms with Gasteiger partial charge in [-0.1, -0.05) is 0 Å². The molecular formula is C44H76O35. The second kappa shape index (κ2) is 28.2. The largest absolute Gasteiger partial charge is 0.394 e. The lowest BCUT2D eigenvalue weighted by atomic mass is 9.94. The molecule has 0 aromatic carbocycles. The van der Waals surface area contributed by atoms with Gasteiger partial charge in [-0.2, -0.15) is 0 Å². The Balaban J connectivity index is 1.15. The molecule has 0 amide bonds. The predicted molar refractivity (Wildman–Crippen MR) is 240 cm³/mol. The third-order valence-electron chi connectivity index (χ3n) is 15.0. The lowest BCUT2D eigenvalue weighted by Gasteiger charge is -2.50. The van der Waals surface area contributed by atoms with Crippen LogP contribution in [0.5, 0.6) is 0 Å². The molecule has 7 aliphatic heterocycles. The lowest BCUT2D eigenvalue weighted by molar-refractivity contribution is -0.397. The summed E-state index contributed by atoms with van der Waals surface area (Å²) in [5.41, 5.74) is 0. The van der Waals surface area contributed by atoms with E-state index in [0.717, 1.165) is 7.11 Å². The molecule has 7 fully saturated rings. The molecular weight excluding hydrogens is 1090 g/mol. The summed E-state index contributed by atoms with van der Waals surface area (Å²) in [6, 6.07) is 0. The summed E-state index contributed by atoms with van der Waals surface area (Å²) in [7, 11) is 1.10. The van der Waals surface area contributed by atoms with E-state index in [2.05, 4.69) is 0 Å². The monoisotopic (exact) mass is 1160 g/mol. The molecule has 0 spiro atoms. The maximum atomic E-state index is 11.9. The first-order chi connectivity index (χ1) is 37.5. The van der Waals surface area contributed by atoms with Gasteiger partial charge in [-0.15, -0.1) is 0 Å². The summed E-state index contributed by atoms with van der Waals surface area (Å²) in [5, 5.41) is 227. The Morgan fingerprint density at radius 1 is 0.266 bits per heavy atom. The van der Waals surface area contributed by atoms with Gasteiger partial charge in [0.05, 0.1) is 52.4 Å². The zero-order valence-corrected chi connectivity index (χ0v) is 42.3. The number of aliphatic hydroxyl groups is 21. The van der Waals surface area contributed by atoms with Gasteiger partial charge in [-0.3, -0.25) is 0 Å². The minimum Gasteiger partial charge on any atom is -0.394 e. The minimum absolute atomic E-state index is 0.777. The molecule has 7 heterocycles. The van der Waals surface area contributed by atoms with Crippen molar-refractivity contribution in [2.45, 2.75) is 222 Å². The first-order valence-electron chi connectivity index (χ1n) is 25.4. The van der Waals surface area contributed by atoms with Crippen molar-refractivity contribution >= 4 is 0 Å². The van der Waals surface area contributed by atoms with Gasteiger partial charge in [0.25, 0.3) is 0 Å². The third-order valence-corrected chi connectivity index (χ3v) is 15.0. The predicted octanol–water partition coefficient (Wildman–Crippen LogP) is -14.6. The number of hydrogen-bond acceptors (Lipinski definition) is 35. The molecule has 7 rings (SSSR count).